The van der Waals surface area contributed by atoms with Crippen molar-refractivity contribution in [2.24, 2.45) is 0 Å². The lowest BCUT2D eigenvalue weighted by atomic mass is 10.2. The van der Waals surface area contributed by atoms with Gasteiger partial charge in [0.15, 0.2) is 0 Å². The van der Waals surface area contributed by atoms with Crippen LogP contribution < -0.4 is 0 Å². The first-order valence-corrected chi connectivity index (χ1v) is 22.6. The fraction of sp³-hybridized carbons (Fsp3) is 0.100. The Morgan fingerprint density at radius 1 is 0.267 bits per heavy atom. The number of ether oxygens (including phenoxy) is 5. The van der Waals surface area contributed by atoms with E-state index in [0.717, 1.165) is 0 Å². The van der Waals surface area contributed by atoms with Crippen LogP contribution in [0.5, 0.6) is 0 Å². The summed E-state index contributed by atoms with van der Waals surface area (Å²) in [4.78, 5) is 67.7. The number of esters is 5. The van der Waals surface area contributed by atoms with Gasteiger partial charge in [-0.15, -0.1) is 25.5 Å². The second-order valence-corrected chi connectivity index (χ2v) is 16.2. The highest BCUT2D eigenvalue weighted by Gasteiger charge is 2.23. The Bertz CT molecular complexity index is 3230. The summed E-state index contributed by atoms with van der Waals surface area (Å²) in [5, 5.41) is 41.6. The number of rotatable bonds is 0. The molecule has 0 saturated carbocycles. The Labute approximate surface area is 421 Å². The van der Waals surface area contributed by atoms with Crippen molar-refractivity contribution in [3.63, 3.8) is 0 Å². The average molecular weight is 1010 g/mol. The van der Waals surface area contributed by atoms with E-state index in [1.165, 1.54) is 54.4 Å². The fourth-order valence-corrected chi connectivity index (χ4v) is 7.73. The summed E-state index contributed by atoms with van der Waals surface area (Å²) in [6.45, 7) is -1.40. The Morgan fingerprint density at radius 2 is 0.440 bits per heavy atom. The van der Waals surface area contributed by atoms with Gasteiger partial charge in [0.1, 0.15) is 61.5 Å². The van der Waals surface area contributed by atoms with Crippen molar-refractivity contribution in [3.05, 3.63) is 209 Å². The zero-order chi connectivity index (χ0) is 51.3. The van der Waals surface area contributed by atoms with Crippen molar-refractivity contribution in [2.45, 2.75) is 33.0 Å². The van der Waals surface area contributed by atoms with Gasteiger partial charge < -0.3 is 23.7 Å². The van der Waals surface area contributed by atoms with E-state index in [1.54, 1.807) is 121 Å². The summed E-state index contributed by atoms with van der Waals surface area (Å²) in [5.74, 6) is -3.54. The monoisotopic (exact) mass is 1010 g/mol. The van der Waals surface area contributed by atoms with Gasteiger partial charge in [-0.1, -0.05) is 86.7 Å². The second kappa shape index (κ2) is 20.5. The third-order valence-corrected chi connectivity index (χ3v) is 11.3. The first kappa shape index (κ1) is 46.5. The number of fused-ring (bicyclic) bond motifs is 20. The summed E-state index contributed by atoms with van der Waals surface area (Å²) < 4.78 is 35.0. The lowest BCUT2D eigenvalue weighted by Gasteiger charge is -2.09. The maximum Gasteiger partial charge on any atom is 0.340 e. The predicted octanol–water partition coefficient (Wildman–Crippen LogP) is 4.69. The van der Waals surface area contributed by atoms with E-state index in [4.69, 9.17) is 23.7 Å². The first-order chi connectivity index (χ1) is 36.7. The standard InChI is InChI=1S/C50H35N15O10/c66-46-36-11-1-6-16-41(36)61-21-31(51-56-61)27-72-47(67)38-13-3-8-18-43(38)63-23-33(53-58-63)29-74-49(69)40-15-5-10-20-45(40)65-25-35(55-60-65)30-75-50(70)39-14-4-9-19-44(39)64-24-34(54-59-64)28-73-48(68)37-12-2-7-17-42(37)62-22-32(26-71-46)52-57-62/h1-25H,26-30H2. The van der Waals surface area contributed by atoms with Crippen molar-refractivity contribution >= 4 is 29.8 Å². The average Bonchev–Trinajstić information content (AvgIpc) is 4.34. The van der Waals surface area contributed by atoms with Gasteiger partial charge in [-0.2, -0.15) is 0 Å². The number of nitrogens with zero attached hydrogens (tertiary/aromatic N) is 15. The quantitative estimate of drug-likeness (QED) is 0.147. The Hall–Kier alpha value is -10.9. The molecule has 0 unspecified atom stereocenters. The summed E-state index contributed by atoms with van der Waals surface area (Å²) in [5.41, 5.74) is 3.73. The van der Waals surface area contributed by atoms with Crippen LogP contribution in [0.2, 0.25) is 0 Å². The van der Waals surface area contributed by atoms with Crippen LogP contribution in [0.4, 0.5) is 0 Å². The third kappa shape index (κ3) is 9.94. The van der Waals surface area contributed by atoms with E-state index in [-0.39, 0.29) is 89.3 Å². The van der Waals surface area contributed by atoms with E-state index in [0.29, 0.717) is 28.4 Å². The molecule has 75 heavy (non-hydrogen) atoms. The van der Waals surface area contributed by atoms with Gasteiger partial charge in [0.05, 0.1) is 87.2 Å². The maximum atomic E-state index is 13.5. The minimum atomic E-state index is -0.709. The van der Waals surface area contributed by atoms with Gasteiger partial charge in [0.25, 0.3) is 0 Å². The molecule has 0 radical (unpaired) electrons. The molecule has 0 atom stereocenters. The van der Waals surface area contributed by atoms with Gasteiger partial charge in [-0.05, 0) is 60.7 Å². The highest BCUT2D eigenvalue weighted by atomic mass is 16.5. The summed E-state index contributed by atoms with van der Waals surface area (Å²) in [6, 6.07) is 32.8. The number of carbonyl (C=O) groups is 5. The van der Waals surface area contributed by atoms with Crippen LogP contribution in [-0.4, -0.2) is 105 Å². The molecule has 25 nitrogen and oxygen atoms in total. The topological polar surface area (TPSA) is 285 Å². The molecule has 0 spiro atoms. The molecule has 0 aliphatic carbocycles. The van der Waals surface area contributed by atoms with Crippen LogP contribution in [0.1, 0.15) is 80.3 Å². The molecule has 10 aromatic rings. The molecule has 370 valence electrons. The molecule has 10 bridgehead atoms. The fourth-order valence-electron chi connectivity index (χ4n) is 7.73. The van der Waals surface area contributed by atoms with E-state index in [2.05, 4.69) is 51.6 Å². The van der Waals surface area contributed by atoms with Gasteiger partial charge in [-0.3, -0.25) is 0 Å². The molecule has 25 heteroatoms. The number of hydrogen-bond acceptors (Lipinski definition) is 20. The van der Waals surface area contributed by atoms with Gasteiger partial charge in [0, 0.05) is 0 Å². The first-order valence-electron chi connectivity index (χ1n) is 22.6. The summed E-state index contributed by atoms with van der Waals surface area (Å²) >= 11 is 0. The lowest BCUT2D eigenvalue weighted by molar-refractivity contribution is 0.0458. The molecule has 0 fully saturated rings. The maximum absolute atomic E-state index is 13.5. The molecule has 5 aromatic heterocycles. The summed E-state index contributed by atoms with van der Waals surface area (Å²) in [6.07, 6.45) is 7.53. The molecule has 0 amide bonds. The number of hydrogen-bond donors (Lipinski definition) is 0. The Morgan fingerprint density at radius 3 is 0.627 bits per heavy atom. The third-order valence-electron chi connectivity index (χ3n) is 11.3. The number of cyclic esters (lactones) is 5. The number of benzene rings is 5. The van der Waals surface area contributed by atoms with Gasteiger partial charge >= 0.3 is 29.8 Å². The van der Waals surface area contributed by atoms with Gasteiger partial charge in [0.2, 0.25) is 0 Å². The number of aromatic nitrogens is 15. The van der Waals surface area contributed by atoms with E-state index < -0.39 is 29.8 Å². The zero-order valence-electron chi connectivity index (χ0n) is 38.8. The molecular weight excluding hydrogens is 971 g/mol. The van der Waals surface area contributed by atoms with Crippen LogP contribution in [0.3, 0.4) is 0 Å². The minimum Gasteiger partial charge on any atom is -0.455 e. The van der Waals surface area contributed by atoms with Crippen LogP contribution in [0.15, 0.2) is 152 Å². The van der Waals surface area contributed by atoms with E-state index in [1.807, 2.05) is 0 Å². The summed E-state index contributed by atoms with van der Waals surface area (Å²) in [7, 11) is 0. The van der Waals surface area contributed by atoms with Crippen molar-refractivity contribution in [3.8, 4) is 28.4 Å². The number of para-hydroxylation sites is 5. The molecule has 6 heterocycles. The van der Waals surface area contributed by atoms with Gasteiger partial charge in [-0.25, -0.2) is 47.4 Å². The molecular formula is C50H35N15O10. The molecule has 0 N–H and O–H groups in total. The lowest BCUT2D eigenvalue weighted by Crippen LogP contribution is -2.11. The zero-order valence-corrected chi connectivity index (χ0v) is 38.8. The van der Waals surface area contributed by atoms with E-state index >= 15 is 0 Å². The van der Waals surface area contributed by atoms with Crippen LogP contribution in [0, 0.1) is 0 Å². The minimum absolute atomic E-state index is 0.147. The molecule has 1 aliphatic rings. The van der Waals surface area contributed by atoms with Crippen molar-refractivity contribution < 1.29 is 47.7 Å². The Balaban J connectivity index is 0.861. The Kier molecular flexibility index (Phi) is 12.7. The highest BCUT2D eigenvalue weighted by molar-refractivity contribution is 5.96. The molecule has 1 aliphatic heterocycles. The van der Waals surface area contributed by atoms with Crippen LogP contribution in [-0.2, 0) is 56.7 Å². The molecule has 11 rings (SSSR count). The smallest absolute Gasteiger partial charge is 0.340 e. The second-order valence-electron chi connectivity index (χ2n) is 16.2. The SMILES string of the molecule is O=C1OCc2cn(nn2)-c2ccccc2C(=O)OCc2cn(nn2)-c2ccccc2C(=O)OCc2cn(nn2)-c2ccccc2C(=O)OCc2cn(nn2)-c2ccccc2C(=O)OCc2cn(nn2)-c2ccccc21. The largest absolute Gasteiger partial charge is 0.455 e. The van der Waals surface area contributed by atoms with Crippen molar-refractivity contribution in [1.82, 2.24) is 75.0 Å². The normalized spacial score (nSPS) is 13.7. The number of carbonyl (C=O) groups excluding carboxylic acids is 5. The van der Waals surface area contributed by atoms with Crippen molar-refractivity contribution in [1.29, 1.82) is 0 Å². The predicted molar refractivity (Wildman–Crippen MR) is 252 cm³/mol. The van der Waals surface area contributed by atoms with Crippen LogP contribution >= 0.6 is 0 Å². The van der Waals surface area contributed by atoms with Crippen molar-refractivity contribution in [2.75, 3.05) is 0 Å². The highest BCUT2D eigenvalue weighted by Crippen LogP contribution is 2.23. The molecule has 5 aromatic carbocycles. The van der Waals surface area contributed by atoms with Crippen LogP contribution in [0.25, 0.3) is 28.4 Å². The molecule has 0 saturated heterocycles. The van der Waals surface area contributed by atoms with E-state index in [9.17, 15) is 24.0 Å².